The van der Waals surface area contributed by atoms with E-state index >= 15 is 0 Å². The van der Waals surface area contributed by atoms with Gasteiger partial charge in [-0.1, -0.05) is 57.9 Å². The molecule has 152 valence electrons. The zero-order valence-corrected chi connectivity index (χ0v) is 17.9. The molecule has 5 nitrogen and oxygen atoms in total. The van der Waals surface area contributed by atoms with Crippen molar-refractivity contribution in [2.75, 3.05) is 4.90 Å². The quantitative estimate of drug-likeness (QED) is 0.544. The molecular weight excluding hydrogens is 446 g/mol. The average molecular weight is 466 g/mol. The molecule has 1 heterocycles. The van der Waals surface area contributed by atoms with Gasteiger partial charge in [-0.25, -0.2) is 0 Å². The number of anilines is 1. The van der Waals surface area contributed by atoms with Crippen LogP contribution in [0.5, 0.6) is 5.75 Å². The van der Waals surface area contributed by atoms with Gasteiger partial charge in [0.15, 0.2) is 11.4 Å². The number of aliphatic hydroxyl groups is 1. The van der Waals surface area contributed by atoms with Crippen molar-refractivity contribution in [3.05, 3.63) is 93.5 Å². The number of ketones is 1. The molecule has 1 unspecified atom stereocenters. The number of hydrogen-bond donors (Lipinski definition) is 2. The molecule has 1 aliphatic rings. The Hall–Kier alpha value is -2.96. The predicted molar refractivity (Wildman–Crippen MR) is 117 cm³/mol. The minimum absolute atomic E-state index is 0.0762. The lowest BCUT2D eigenvalue weighted by Gasteiger charge is -2.23. The van der Waals surface area contributed by atoms with Crippen LogP contribution in [-0.2, 0) is 16.9 Å². The van der Waals surface area contributed by atoms with E-state index < -0.39 is 23.7 Å². The second-order valence-electron chi connectivity index (χ2n) is 7.52. The summed E-state index contributed by atoms with van der Waals surface area (Å²) in [7, 11) is 0. The SMILES string of the molecule is Cc1ccc(CN2C(=O)C(O)(CC(=O)c3ccccc3O)c3cc(Br)ccc32)cc1. The smallest absolute Gasteiger partial charge is 0.264 e. The summed E-state index contributed by atoms with van der Waals surface area (Å²) in [4.78, 5) is 27.7. The fraction of sp³-hybridized carbons (Fsp3) is 0.167. The highest BCUT2D eigenvalue weighted by Crippen LogP contribution is 2.45. The van der Waals surface area contributed by atoms with E-state index in [1.54, 1.807) is 30.3 Å². The Labute approximate surface area is 182 Å². The van der Waals surface area contributed by atoms with Crippen molar-refractivity contribution >= 4 is 33.3 Å². The molecule has 2 N–H and O–H groups in total. The molecule has 1 amide bonds. The van der Waals surface area contributed by atoms with Gasteiger partial charge in [0.1, 0.15) is 5.75 Å². The lowest BCUT2D eigenvalue weighted by molar-refractivity contribution is -0.136. The Morgan fingerprint density at radius 1 is 1.07 bits per heavy atom. The average Bonchev–Trinajstić information content (AvgIpc) is 2.91. The molecule has 0 saturated heterocycles. The van der Waals surface area contributed by atoms with Crippen LogP contribution in [0.4, 0.5) is 5.69 Å². The van der Waals surface area contributed by atoms with Crippen molar-refractivity contribution in [3.8, 4) is 5.75 Å². The van der Waals surface area contributed by atoms with Gasteiger partial charge in [0, 0.05) is 10.0 Å². The van der Waals surface area contributed by atoms with Crippen LogP contribution in [-0.4, -0.2) is 21.9 Å². The van der Waals surface area contributed by atoms with E-state index in [0.29, 0.717) is 15.7 Å². The van der Waals surface area contributed by atoms with Crippen LogP contribution in [0, 0.1) is 6.92 Å². The Morgan fingerprint density at radius 3 is 2.47 bits per heavy atom. The van der Waals surface area contributed by atoms with Gasteiger partial charge in [-0.05, 0) is 42.8 Å². The van der Waals surface area contributed by atoms with Crippen LogP contribution in [0.2, 0.25) is 0 Å². The van der Waals surface area contributed by atoms with Gasteiger partial charge in [-0.15, -0.1) is 0 Å². The summed E-state index contributed by atoms with van der Waals surface area (Å²) in [6, 6.07) is 19.1. The number of aryl methyl sites for hydroxylation is 1. The largest absolute Gasteiger partial charge is 0.507 e. The molecule has 30 heavy (non-hydrogen) atoms. The van der Waals surface area contributed by atoms with Gasteiger partial charge in [0.25, 0.3) is 5.91 Å². The van der Waals surface area contributed by atoms with E-state index in [2.05, 4.69) is 15.9 Å². The molecule has 4 rings (SSSR count). The normalized spacial score (nSPS) is 17.8. The monoisotopic (exact) mass is 465 g/mol. The standard InChI is InChI=1S/C24H20BrNO4/c1-15-6-8-16(9-7-15)14-26-20-11-10-17(25)12-19(20)24(30,23(26)29)13-22(28)18-4-2-3-5-21(18)27/h2-12,27,30H,13-14H2,1H3. The Kier molecular flexibility index (Phi) is 5.22. The van der Waals surface area contributed by atoms with Crippen molar-refractivity contribution in [1.82, 2.24) is 0 Å². The molecule has 3 aromatic rings. The molecular formula is C24H20BrNO4. The molecule has 1 atom stereocenters. The first-order chi connectivity index (χ1) is 14.3. The molecule has 0 aliphatic carbocycles. The van der Waals surface area contributed by atoms with Gasteiger partial charge in [0.2, 0.25) is 0 Å². The molecule has 0 spiro atoms. The summed E-state index contributed by atoms with van der Waals surface area (Å²) in [5, 5.41) is 21.4. The highest BCUT2D eigenvalue weighted by atomic mass is 79.9. The zero-order chi connectivity index (χ0) is 21.5. The van der Waals surface area contributed by atoms with Gasteiger partial charge >= 0.3 is 0 Å². The van der Waals surface area contributed by atoms with E-state index in [1.165, 1.54) is 17.0 Å². The number of phenols is 1. The Bertz CT molecular complexity index is 1140. The number of phenolic OH excluding ortho intramolecular Hbond substituents is 1. The molecule has 1 aliphatic heterocycles. The molecule has 0 radical (unpaired) electrons. The van der Waals surface area contributed by atoms with Crippen molar-refractivity contribution in [3.63, 3.8) is 0 Å². The number of nitrogens with zero attached hydrogens (tertiary/aromatic N) is 1. The summed E-state index contributed by atoms with van der Waals surface area (Å²) < 4.78 is 0.694. The topological polar surface area (TPSA) is 77.8 Å². The first kappa shape index (κ1) is 20.3. The highest BCUT2D eigenvalue weighted by Gasteiger charge is 2.51. The van der Waals surface area contributed by atoms with Crippen LogP contribution in [0.1, 0.15) is 33.5 Å². The molecule has 3 aromatic carbocycles. The third kappa shape index (κ3) is 3.53. The van der Waals surface area contributed by atoms with Gasteiger partial charge in [0.05, 0.1) is 24.2 Å². The number of fused-ring (bicyclic) bond motifs is 1. The molecule has 0 bridgehead atoms. The number of aromatic hydroxyl groups is 1. The number of carbonyl (C=O) groups is 2. The van der Waals surface area contributed by atoms with Gasteiger partial charge in [-0.3, -0.25) is 9.59 Å². The van der Waals surface area contributed by atoms with Crippen LogP contribution in [0.25, 0.3) is 0 Å². The summed E-state index contributed by atoms with van der Waals surface area (Å²) in [5.41, 5.74) is 1.03. The van der Waals surface area contributed by atoms with Gasteiger partial charge < -0.3 is 15.1 Å². The van der Waals surface area contributed by atoms with Crippen LogP contribution >= 0.6 is 15.9 Å². The molecule has 0 saturated carbocycles. The number of carbonyl (C=O) groups excluding carboxylic acids is 2. The number of halogens is 1. The lowest BCUT2D eigenvalue weighted by Crippen LogP contribution is -2.41. The maximum atomic E-state index is 13.4. The van der Waals surface area contributed by atoms with E-state index in [9.17, 15) is 19.8 Å². The first-order valence-corrected chi connectivity index (χ1v) is 10.3. The summed E-state index contributed by atoms with van der Waals surface area (Å²) in [6.45, 7) is 2.27. The van der Waals surface area contributed by atoms with E-state index in [4.69, 9.17) is 0 Å². The third-order valence-electron chi connectivity index (χ3n) is 5.38. The number of rotatable bonds is 5. The fourth-order valence-electron chi connectivity index (χ4n) is 3.76. The summed E-state index contributed by atoms with van der Waals surface area (Å²) >= 11 is 3.39. The molecule has 0 aromatic heterocycles. The number of hydrogen-bond acceptors (Lipinski definition) is 4. The summed E-state index contributed by atoms with van der Waals surface area (Å²) in [6.07, 6.45) is -0.461. The van der Waals surface area contributed by atoms with Crippen molar-refractivity contribution in [1.29, 1.82) is 0 Å². The zero-order valence-electron chi connectivity index (χ0n) is 16.3. The highest BCUT2D eigenvalue weighted by molar-refractivity contribution is 9.10. The van der Waals surface area contributed by atoms with E-state index in [-0.39, 0.29) is 17.9 Å². The van der Waals surface area contributed by atoms with Crippen molar-refractivity contribution < 1.29 is 19.8 Å². The number of amides is 1. The number of para-hydroxylation sites is 1. The number of benzene rings is 3. The molecule has 0 fully saturated rings. The lowest BCUT2D eigenvalue weighted by atomic mass is 9.88. The fourth-order valence-corrected chi connectivity index (χ4v) is 4.12. The van der Waals surface area contributed by atoms with E-state index in [1.807, 2.05) is 31.2 Å². The van der Waals surface area contributed by atoms with Crippen molar-refractivity contribution in [2.45, 2.75) is 25.5 Å². The van der Waals surface area contributed by atoms with Crippen LogP contribution < -0.4 is 4.90 Å². The third-order valence-corrected chi connectivity index (χ3v) is 5.87. The number of Topliss-reactive ketones (excluding diaryl/α,β-unsaturated/α-hetero) is 1. The predicted octanol–water partition coefficient (Wildman–Crippen LogP) is 4.47. The second-order valence-corrected chi connectivity index (χ2v) is 8.43. The second kappa shape index (κ2) is 7.70. The Balaban J connectivity index is 1.72. The minimum Gasteiger partial charge on any atom is -0.507 e. The maximum Gasteiger partial charge on any atom is 0.264 e. The minimum atomic E-state index is -2.01. The maximum absolute atomic E-state index is 13.4. The first-order valence-electron chi connectivity index (χ1n) is 9.51. The Morgan fingerprint density at radius 2 is 1.77 bits per heavy atom. The van der Waals surface area contributed by atoms with Crippen LogP contribution in [0.15, 0.2) is 71.2 Å². The molecule has 6 heteroatoms. The van der Waals surface area contributed by atoms with E-state index in [0.717, 1.165) is 11.1 Å². The summed E-state index contributed by atoms with van der Waals surface area (Å²) in [5.74, 6) is -1.24. The van der Waals surface area contributed by atoms with Crippen LogP contribution in [0.3, 0.4) is 0 Å². The van der Waals surface area contributed by atoms with Crippen molar-refractivity contribution in [2.24, 2.45) is 0 Å². The van der Waals surface area contributed by atoms with Gasteiger partial charge in [-0.2, -0.15) is 0 Å².